The maximum absolute atomic E-state index is 6.28. The summed E-state index contributed by atoms with van der Waals surface area (Å²) in [4.78, 5) is 0. The van der Waals surface area contributed by atoms with E-state index >= 15 is 0 Å². The van der Waals surface area contributed by atoms with E-state index in [0.717, 1.165) is 23.4 Å². The summed E-state index contributed by atoms with van der Waals surface area (Å²) in [5, 5.41) is 1.00. The van der Waals surface area contributed by atoms with Crippen LogP contribution >= 0.6 is 23.2 Å². The Kier molecular flexibility index (Phi) is 4.77. The van der Waals surface area contributed by atoms with Gasteiger partial charge >= 0.3 is 0 Å². The van der Waals surface area contributed by atoms with E-state index in [2.05, 4.69) is 13.8 Å². The van der Waals surface area contributed by atoms with Crippen LogP contribution in [-0.2, 0) is 6.42 Å². The number of halogens is 2. The molecule has 0 amide bonds. The van der Waals surface area contributed by atoms with Crippen LogP contribution in [0.4, 0.5) is 0 Å². The van der Waals surface area contributed by atoms with Gasteiger partial charge in [0.05, 0.1) is 0 Å². The van der Waals surface area contributed by atoms with Gasteiger partial charge in [-0.2, -0.15) is 0 Å². The quantitative estimate of drug-likeness (QED) is 0.667. The van der Waals surface area contributed by atoms with Crippen molar-refractivity contribution in [3.63, 3.8) is 0 Å². The van der Waals surface area contributed by atoms with Crippen molar-refractivity contribution in [2.45, 2.75) is 32.1 Å². The Labute approximate surface area is 96.2 Å². The maximum Gasteiger partial charge on any atom is 0.0438 e. The molecule has 0 aromatic heterocycles. The van der Waals surface area contributed by atoms with Gasteiger partial charge in [0.25, 0.3) is 0 Å². The zero-order chi connectivity index (χ0) is 10.6. The average Bonchev–Trinajstić information content (AvgIpc) is 2.20. The van der Waals surface area contributed by atoms with E-state index in [1.54, 1.807) is 0 Å². The van der Waals surface area contributed by atoms with Gasteiger partial charge in [0, 0.05) is 10.4 Å². The predicted octanol–water partition coefficient (Wildman–Crippen LogP) is 4.54. The van der Waals surface area contributed by atoms with E-state index in [4.69, 9.17) is 23.2 Å². The number of benzene rings is 1. The fraction of sp³-hybridized carbons (Fsp3) is 0.500. The highest BCUT2D eigenvalue weighted by Crippen LogP contribution is 2.23. The fourth-order valence-electron chi connectivity index (χ4n) is 1.33. The molecular formula is C12H16Cl2. The molecule has 2 atom stereocenters. The third kappa shape index (κ3) is 3.18. The smallest absolute Gasteiger partial charge is 0.0438 e. The molecule has 0 bridgehead atoms. The lowest BCUT2D eigenvalue weighted by Gasteiger charge is -2.16. The Bertz CT molecular complexity index is 283. The largest absolute Gasteiger partial charge is 0.122 e. The van der Waals surface area contributed by atoms with E-state index in [9.17, 15) is 0 Å². The zero-order valence-electron chi connectivity index (χ0n) is 8.63. The summed E-state index contributed by atoms with van der Waals surface area (Å²) in [6, 6.07) is 7.90. The minimum Gasteiger partial charge on any atom is -0.122 e. The van der Waals surface area contributed by atoms with Crippen LogP contribution in [0.1, 0.15) is 25.8 Å². The first-order chi connectivity index (χ1) is 6.65. The highest BCUT2D eigenvalue weighted by molar-refractivity contribution is 6.31. The van der Waals surface area contributed by atoms with Crippen molar-refractivity contribution in [1.29, 1.82) is 0 Å². The molecule has 0 fully saturated rings. The molecule has 1 aromatic carbocycles. The van der Waals surface area contributed by atoms with Gasteiger partial charge in [-0.25, -0.2) is 0 Å². The van der Waals surface area contributed by atoms with Gasteiger partial charge in [-0.15, -0.1) is 11.6 Å². The van der Waals surface area contributed by atoms with Crippen molar-refractivity contribution in [2.75, 3.05) is 0 Å². The van der Waals surface area contributed by atoms with Crippen LogP contribution in [0, 0.1) is 5.92 Å². The molecule has 0 heterocycles. The first-order valence-electron chi connectivity index (χ1n) is 5.02. The van der Waals surface area contributed by atoms with Crippen LogP contribution in [-0.4, -0.2) is 5.38 Å². The zero-order valence-corrected chi connectivity index (χ0v) is 10.1. The summed E-state index contributed by atoms with van der Waals surface area (Å²) in [7, 11) is 0. The summed E-state index contributed by atoms with van der Waals surface area (Å²) in [6.07, 6.45) is 1.97. The third-order valence-electron chi connectivity index (χ3n) is 2.63. The van der Waals surface area contributed by atoms with Crippen LogP contribution in [0.3, 0.4) is 0 Å². The second kappa shape index (κ2) is 5.63. The van der Waals surface area contributed by atoms with Crippen LogP contribution in [0.25, 0.3) is 0 Å². The van der Waals surface area contributed by atoms with Crippen LogP contribution in [0.5, 0.6) is 0 Å². The molecule has 14 heavy (non-hydrogen) atoms. The molecule has 0 aliphatic heterocycles. The summed E-state index contributed by atoms with van der Waals surface area (Å²) in [5.74, 6) is 0.535. The molecule has 1 aromatic rings. The summed E-state index contributed by atoms with van der Waals surface area (Å²) < 4.78 is 0. The van der Waals surface area contributed by atoms with Crippen molar-refractivity contribution >= 4 is 23.2 Å². The minimum absolute atomic E-state index is 0.180. The molecule has 0 N–H and O–H groups in total. The van der Waals surface area contributed by atoms with E-state index in [1.165, 1.54) is 0 Å². The molecule has 0 spiro atoms. The molecular weight excluding hydrogens is 215 g/mol. The number of rotatable bonds is 4. The molecule has 2 unspecified atom stereocenters. The monoisotopic (exact) mass is 230 g/mol. The molecule has 78 valence electrons. The van der Waals surface area contributed by atoms with Gasteiger partial charge in [-0.3, -0.25) is 0 Å². The average molecular weight is 231 g/mol. The van der Waals surface area contributed by atoms with Crippen molar-refractivity contribution in [3.05, 3.63) is 34.9 Å². The van der Waals surface area contributed by atoms with Gasteiger partial charge in [-0.1, -0.05) is 50.1 Å². The number of hydrogen-bond donors (Lipinski definition) is 0. The molecule has 2 heteroatoms. The first-order valence-corrected chi connectivity index (χ1v) is 5.84. The molecule has 0 saturated carbocycles. The maximum atomic E-state index is 6.28. The summed E-state index contributed by atoms with van der Waals surface area (Å²) >= 11 is 12.3. The van der Waals surface area contributed by atoms with Gasteiger partial charge in [0.2, 0.25) is 0 Å². The van der Waals surface area contributed by atoms with Crippen LogP contribution in [0.15, 0.2) is 24.3 Å². The van der Waals surface area contributed by atoms with E-state index < -0.39 is 0 Å². The lowest BCUT2D eigenvalue weighted by Crippen LogP contribution is -2.13. The first kappa shape index (κ1) is 11.9. The minimum atomic E-state index is 0.180. The Morgan fingerprint density at radius 1 is 1.29 bits per heavy atom. The van der Waals surface area contributed by atoms with E-state index in [-0.39, 0.29) is 5.38 Å². The van der Waals surface area contributed by atoms with Gasteiger partial charge in [0.15, 0.2) is 0 Å². The van der Waals surface area contributed by atoms with Gasteiger partial charge < -0.3 is 0 Å². The normalized spacial score (nSPS) is 15.1. The molecule has 0 saturated heterocycles. The Morgan fingerprint density at radius 3 is 2.50 bits per heavy atom. The lowest BCUT2D eigenvalue weighted by molar-refractivity contribution is 0.525. The van der Waals surface area contributed by atoms with Crippen molar-refractivity contribution in [1.82, 2.24) is 0 Å². The number of alkyl halides is 1. The summed E-state index contributed by atoms with van der Waals surface area (Å²) in [5.41, 5.74) is 1.15. The summed E-state index contributed by atoms with van der Waals surface area (Å²) in [6.45, 7) is 4.33. The molecule has 0 aliphatic rings. The molecule has 0 radical (unpaired) electrons. The van der Waals surface area contributed by atoms with Crippen LogP contribution < -0.4 is 0 Å². The van der Waals surface area contributed by atoms with Gasteiger partial charge in [0.1, 0.15) is 0 Å². The van der Waals surface area contributed by atoms with Crippen molar-refractivity contribution in [3.8, 4) is 0 Å². The highest BCUT2D eigenvalue weighted by atomic mass is 35.5. The Hall–Kier alpha value is -0.200. The van der Waals surface area contributed by atoms with Crippen molar-refractivity contribution < 1.29 is 0 Å². The van der Waals surface area contributed by atoms with E-state index in [1.807, 2.05) is 24.3 Å². The standard InChI is InChI=1S/C12H16Cl2/c1-3-9(2)12(14)8-10-6-4-5-7-11(10)13/h4-7,9,12H,3,8H2,1-2H3. The van der Waals surface area contributed by atoms with Crippen LogP contribution in [0.2, 0.25) is 5.02 Å². The van der Waals surface area contributed by atoms with E-state index in [0.29, 0.717) is 5.92 Å². The number of hydrogen-bond acceptors (Lipinski definition) is 0. The second-order valence-electron chi connectivity index (χ2n) is 3.70. The topological polar surface area (TPSA) is 0 Å². The van der Waals surface area contributed by atoms with Crippen molar-refractivity contribution in [2.24, 2.45) is 5.92 Å². The Morgan fingerprint density at radius 2 is 1.93 bits per heavy atom. The fourth-order valence-corrected chi connectivity index (χ4v) is 1.89. The molecule has 1 rings (SSSR count). The highest BCUT2D eigenvalue weighted by Gasteiger charge is 2.14. The van der Waals surface area contributed by atoms with Gasteiger partial charge in [-0.05, 0) is 24.0 Å². The SMILES string of the molecule is CCC(C)C(Cl)Cc1ccccc1Cl. The molecule has 0 nitrogen and oxygen atoms in total. The predicted molar refractivity (Wildman–Crippen MR) is 64.3 cm³/mol. The Balaban J connectivity index is 2.64. The molecule has 0 aliphatic carbocycles. The second-order valence-corrected chi connectivity index (χ2v) is 4.66. The third-order valence-corrected chi connectivity index (χ3v) is 3.59. The lowest BCUT2D eigenvalue weighted by atomic mass is 9.98.